The second-order valence-corrected chi connectivity index (χ2v) is 6.86. The van der Waals surface area contributed by atoms with E-state index in [1.54, 1.807) is 28.4 Å². The van der Waals surface area contributed by atoms with Crippen molar-refractivity contribution in [1.82, 2.24) is 4.98 Å². The molecule has 5 heteroatoms. The fourth-order valence-corrected chi connectivity index (χ4v) is 3.82. The molecule has 0 amide bonds. The summed E-state index contributed by atoms with van der Waals surface area (Å²) in [4.78, 5) is 3.39. The third kappa shape index (κ3) is 2.97. The largest absolute Gasteiger partial charge is 0.497 e. The van der Waals surface area contributed by atoms with E-state index < -0.39 is 0 Å². The van der Waals surface area contributed by atoms with Gasteiger partial charge in [0.25, 0.3) is 0 Å². The number of ether oxygens (including phenoxy) is 4. The summed E-state index contributed by atoms with van der Waals surface area (Å²) >= 11 is 0. The lowest BCUT2D eigenvalue weighted by Gasteiger charge is -2.24. The molecule has 1 aliphatic rings. The Hall–Kier alpha value is -3.08. The van der Waals surface area contributed by atoms with Crippen LogP contribution in [0.3, 0.4) is 0 Å². The molecule has 1 heterocycles. The molecule has 1 fully saturated rings. The first kappa shape index (κ1) is 18.3. The molecule has 1 N–H and O–H groups in total. The molecule has 0 spiro atoms. The van der Waals surface area contributed by atoms with Crippen LogP contribution in [0.1, 0.15) is 30.4 Å². The van der Waals surface area contributed by atoms with E-state index in [0.29, 0.717) is 17.2 Å². The van der Waals surface area contributed by atoms with Gasteiger partial charge in [-0.15, -0.1) is 0 Å². The summed E-state index contributed by atoms with van der Waals surface area (Å²) in [6.07, 6.45) is 5.51. The van der Waals surface area contributed by atoms with Gasteiger partial charge in [0, 0.05) is 28.7 Å². The Bertz CT molecular complexity index is 1020. The summed E-state index contributed by atoms with van der Waals surface area (Å²) in [5.41, 5.74) is 6.00. The van der Waals surface area contributed by atoms with Crippen LogP contribution in [0.5, 0.6) is 23.0 Å². The Kier molecular flexibility index (Phi) is 4.90. The molecule has 2 aromatic carbocycles. The monoisotopic (exact) mass is 379 g/mol. The van der Waals surface area contributed by atoms with Crippen LogP contribution in [0, 0.1) is 0 Å². The quantitative estimate of drug-likeness (QED) is 0.640. The molecule has 1 saturated carbocycles. The smallest absolute Gasteiger partial charge is 0.203 e. The van der Waals surface area contributed by atoms with Crippen LogP contribution in [0.2, 0.25) is 0 Å². The van der Waals surface area contributed by atoms with Gasteiger partial charge in [-0.05, 0) is 54.7 Å². The van der Waals surface area contributed by atoms with Gasteiger partial charge in [0.05, 0.1) is 28.4 Å². The molecule has 4 rings (SSSR count). The van der Waals surface area contributed by atoms with E-state index in [1.165, 1.54) is 28.5 Å². The topological polar surface area (TPSA) is 52.7 Å². The highest BCUT2D eigenvalue weighted by molar-refractivity contribution is 5.99. The lowest BCUT2D eigenvalue weighted by atomic mass is 9.82. The predicted octanol–water partition coefficient (Wildman–Crippen LogP) is 5.19. The van der Waals surface area contributed by atoms with E-state index in [4.69, 9.17) is 18.9 Å². The van der Waals surface area contributed by atoms with Crippen molar-refractivity contribution in [3.8, 4) is 23.0 Å². The second kappa shape index (κ2) is 7.50. The molecule has 0 atom stereocenters. The van der Waals surface area contributed by atoms with E-state index in [-0.39, 0.29) is 0 Å². The van der Waals surface area contributed by atoms with Crippen molar-refractivity contribution in [2.24, 2.45) is 0 Å². The van der Waals surface area contributed by atoms with E-state index in [0.717, 1.165) is 29.7 Å². The maximum absolute atomic E-state index is 5.58. The Morgan fingerprint density at radius 3 is 2.11 bits per heavy atom. The first-order valence-electron chi connectivity index (χ1n) is 9.38. The zero-order valence-corrected chi connectivity index (χ0v) is 16.7. The molecule has 5 nitrogen and oxygen atoms in total. The SMILES string of the molecule is COc1ccc2c(C(=C3CCC3)c3cc(OC)c(OC)c(OC)c3)c[nH]c2c1. The second-order valence-electron chi connectivity index (χ2n) is 6.86. The minimum absolute atomic E-state index is 0.607. The summed E-state index contributed by atoms with van der Waals surface area (Å²) < 4.78 is 22.0. The highest BCUT2D eigenvalue weighted by Gasteiger charge is 2.23. The molecule has 1 aliphatic carbocycles. The average molecular weight is 379 g/mol. The molecule has 28 heavy (non-hydrogen) atoms. The van der Waals surface area contributed by atoms with E-state index in [9.17, 15) is 0 Å². The number of hydrogen-bond donors (Lipinski definition) is 1. The van der Waals surface area contributed by atoms with Crippen LogP contribution in [-0.2, 0) is 0 Å². The number of rotatable bonds is 6. The molecule has 0 aliphatic heterocycles. The Morgan fingerprint density at radius 1 is 0.857 bits per heavy atom. The number of fused-ring (bicyclic) bond motifs is 1. The molecular formula is C23H25NO4. The molecule has 146 valence electrons. The van der Waals surface area contributed by atoms with Crippen molar-refractivity contribution < 1.29 is 18.9 Å². The summed E-state index contributed by atoms with van der Waals surface area (Å²) in [7, 11) is 6.60. The van der Waals surface area contributed by atoms with Gasteiger partial charge >= 0.3 is 0 Å². The molecule has 0 saturated heterocycles. The Balaban J connectivity index is 1.92. The number of nitrogens with one attached hydrogen (secondary N) is 1. The molecule has 0 bridgehead atoms. The van der Waals surface area contributed by atoms with Gasteiger partial charge in [-0.25, -0.2) is 0 Å². The molecular weight excluding hydrogens is 354 g/mol. The number of H-pyrrole nitrogens is 1. The third-order valence-corrected chi connectivity index (χ3v) is 5.42. The summed E-state index contributed by atoms with van der Waals surface area (Å²) in [5, 5.41) is 1.17. The first-order valence-corrected chi connectivity index (χ1v) is 9.38. The number of allylic oxidation sites excluding steroid dienone is 1. The van der Waals surface area contributed by atoms with Gasteiger partial charge in [-0.1, -0.05) is 5.57 Å². The van der Waals surface area contributed by atoms with Crippen molar-refractivity contribution in [3.63, 3.8) is 0 Å². The zero-order valence-electron chi connectivity index (χ0n) is 16.7. The number of aromatic nitrogens is 1. The number of hydrogen-bond acceptors (Lipinski definition) is 4. The molecule has 0 unspecified atom stereocenters. The summed E-state index contributed by atoms with van der Waals surface area (Å²) in [6.45, 7) is 0. The van der Waals surface area contributed by atoms with Crippen LogP contribution in [-0.4, -0.2) is 33.4 Å². The van der Waals surface area contributed by atoms with Gasteiger partial charge < -0.3 is 23.9 Å². The van der Waals surface area contributed by atoms with Gasteiger partial charge in [-0.2, -0.15) is 0 Å². The fraction of sp³-hybridized carbons (Fsp3) is 0.304. The van der Waals surface area contributed by atoms with Crippen molar-refractivity contribution in [1.29, 1.82) is 0 Å². The zero-order chi connectivity index (χ0) is 19.7. The van der Waals surface area contributed by atoms with Crippen LogP contribution in [0.4, 0.5) is 0 Å². The van der Waals surface area contributed by atoms with Gasteiger partial charge in [0.1, 0.15) is 5.75 Å². The van der Waals surface area contributed by atoms with Gasteiger partial charge in [-0.3, -0.25) is 0 Å². The predicted molar refractivity (Wildman–Crippen MR) is 111 cm³/mol. The van der Waals surface area contributed by atoms with Crippen molar-refractivity contribution in [2.75, 3.05) is 28.4 Å². The van der Waals surface area contributed by atoms with Crippen LogP contribution >= 0.6 is 0 Å². The highest BCUT2D eigenvalue weighted by atomic mass is 16.5. The number of methoxy groups -OCH3 is 4. The van der Waals surface area contributed by atoms with Crippen LogP contribution < -0.4 is 18.9 Å². The van der Waals surface area contributed by atoms with Crippen molar-refractivity contribution in [2.45, 2.75) is 19.3 Å². The molecule has 1 aromatic heterocycles. The maximum atomic E-state index is 5.58. The fourth-order valence-electron chi connectivity index (χ4n) is 3.82. The first-order chi connectivity index (χ1) is 13.7. The summed E-state index contributed by atoms with van der Waals surface area (Å²) in [5.74, 6) is 2.77. The summed E-state index contributed by atoms with van der Waals surface area (Å²) in [6, 6.07) is 10.2. The number of benzene rings is 2. The minimum Gasteiger partial charge on any atom is -0.497 e. The van der Waals surface area contributed by atoms with E-state index in [1.807, 2.05) is 24.3 Å². The lowest BCUT2D eigenvalue weighted by molar-refractivity contribution is 0.324. The van der Waals surface area contributed by atoms with Crippen molar-refractivity contribution >= 4 is 16.5 Å². The molecule has 0 radical (unpaired) electrons. The van der Waals surface area contributed by atoms with E-state index >= 15 is 0 Å². The van der Waals surface area contributed by atoms with E-state index in [2.05, 4.69) is 17.2 Å². The van der Waals surface area contributed by atoms with Gasteiger partial charge in [0.2, 0.25) is 5.75 Å². The van der Waals surface area contributed by atoms with Crippen molar-refractivity contribution in [3.05, 3.63) is 53.2 Å². The van der Waals surface area contributed by atoms with Gasteiger partial charge in [0.15, 0.2) is 11.5 Å². The highest BCUT2D eigenvalue weighted by Crippen LogP contribution is 2.45. The standard InChI is InChI=1S/C23H25NO4/c1-25-16-8-9-17-18(13-24-19(17)12-16)22(14-6-5-7-14)15-10-20(26-2)23(28-4)21(11-15)27-3/h8-13,24H,5-7H2,1-4H3. The lowest BCUT2D eigenvalue weighted by Crippen LogP contribution is -2.04. The van der Waals surface area contributed by atoms with Crippen LogP contribution in [0.15, 0.2) is 42.1 Å². The average Bonchev–Trinajstić information content (AvgIpc) is 3.11. The van der Waals surface area contributed by atoms with Crippen LogP contribution in [0.25, 0.3) is 16.5 Å². The minimum atomic E-state index is 0.607. The normalized spacial score (nSPS) is 13.2. The molecule has 3 aromatic rings. The Labute approximate surface area is 164 Å². The number of aromatic amines is 1. The Morgan fingerprint density at radius 2 is 1.57 bits per heavy atom. The third-order valence-electron chi connectivity index (χ3n) is 5.42. The maximum Gasteiger partial charge on any atom is 0.203 e.